The Kier molecular flexibility index (Phi) is 7.95. The monoisotopic (exact) mass is 671 g/mol. The van der Waals surface area contributed by atoms with Crippen LogP contribution >= 0.6 is 0 Å². The van der Waals surface area contributed by atoms with E-state index in [-0.39, 0.29) is 52.0 Å². The van der Waals surface area contributed by atoms with Crippen molar-refractivity contribution in [3.05, 3.63) is 0 Å². The summed E-state index contributed by atoms with van der Waals surface area (Å²) < 4.78 is 19.7. The highest BCUT2D eigenvalue weighted by Crippen LogP contribution is 2.89. The molecule has 6 saturated carbocycles. The van der Waals surface area contributed by atoms with Gasteiger partial charge in [-0.15, -0.1) is 0 Å². The highest BCUT2D eigenvalue weighted by Gasteiger charge is 2.84. The lowest BCUT2D eigenvalue weighted by Crippen LogP contribution is -2.60. The summed E-state index contributed by atoms with van der Waals surface area (Å²) in [5.41, 5.74) is -1.01. The number of hydrogen-bond acceptors (Lipinski definition) is 7. The maximum atomic E-state index is 13.0. The summed E-state index contributed by atoms with van der Waals surface area (Å²) in [5, 5.41) is 34.1. The number of carbonyl (C=O) groups excluding carboxylic acids is 1. The fraction of sp³-hybridized carbons (Fsp3) is 0.975. The molecule has 0 radical (unpaired) electrons. The van der Waals surface area contributed by atoms with Gasteiger partial charge in [-0.3, -0.25) is 4.79 Å². The molecule has 48 heavy (non-hydrogen) atoms. The highest BCUT2D eigenvalue weighted by atomic mass is 16.7. The van der Waals surface area contributed by atoms with E-state index in [0.29, 0.717) is 61.6 Å². The zero-order chi connectivity index (χ0) is 34.2. The Morgan fingerprint density at radius 2 is 1.73 bits per heavy atom. The maximum Gasteiger partial charge on any atom is 0.223 e. The highest BCUT2D eigenvalue weighted by molar-refractivity contribution is 5.76. The lowest BCUT2D eigenvalue weighted by molar-refractivity contribution is -0.248. The number of ether oxygens (including phenoxy) is 3. The number of morpholine rings is 1. The van der Waals surface area contributed by atoms with E-state index in [1.807, 2.05) is 4.90 Å². The second kappa shape index (κ2) is 11.1. The molecule has 8 heteroatoms. The normalized spacial score (nSPS) is 51.8. The van der Waals surface area contributed by atoms with E-state index >= 15 is 0 Å². The summed E-state index contributed by atoms with van der Waals surface area (Å²) in [6, 6.07) is 0. The SMILES string of the molecule is C[C@@H]1CC([C@H](O)C(C)(C)O)OC2[C@H]1C1(C)CC[C@@]34CC35CC[C@H](OC3CN(C(=O)CC6CCC6)CCO3)C(C)(C)[C@@H]5CCC4[C@]1(C)[C@H]2O. The number of rotatable bonds is 6. The molecule has 3 N–H and O–H groups in total. The second-order valence-corrected chi connectivity index (χ2v) is 19.9. The van der Waals surface area contributed by atoms with E-state index in [1.165, 1.54) is 38.5 Å². The van der Waals surface area contributed by atoms with Gasteiger partial charge >= 0.3 is 0 Å². The Hall–Kier alpha value is -0.770. The third-order valence-electron chi connectivity index (χ3n) is 17.2. The van der Waals surface area contributed by atoms with Crippen molar-refractivity contribution < 1.29 is 34.3 Å². The molecule has 0 aromatic rings. The molecule has 2 spiro atoms. The molecular formula is C40H65NO7. The van der Waals surface area contributed by atoms with E-state index in [4.69, 9.17) is 14.2 Å². The molecule has 8 fully saturated rings. The Bertz CT molecular complexity index is 1280. The van der Waals surface area contributed by atoms with E-state index in [1.54, 1.807) is 13.8 Å². The molecule has 6 aliphatic carbocycles. The van der Waals surface area contributed by atoms with Crippen LogP contribution in [0.3, 0.4) is 0 Å². The molecule has 8 rings (SSSR count). The zero-order valence-corrected chi connectivity index (χ0v) is 30.9. The van der Waals surface area contributed by atoms with Crippen molar-refractivity contribution in [2.45, 2.75) is 168 Å². The predicted octanol–water partition coefficient (Wildman–Crippen LogP) is 5.69. The number of carbonyl (C=O) groups is 1. The number of amides is 1. The van der Waals surface area contributed by atoms with Gasteiger partial charge in [-0.25, -0.2) is 0 Å². The van der Waals surface area contributed by atoms with Crippen molar-refractivity contribution in [3.8, 4) is 0 Å². The second-order valence-electron chi connectivity index (χ2n) is 19.9. The molecule has 2 aliphatic heterocycles. The molecule has 14 atom stereocenters. The standard InChI is InChI=1S/C40H65NO7/c1-23-19-25(33(43)36(4,5)45)47-32-31(23)37(6)15-16-40-22-39(40)14-13-28(35(2,3)26(39)11-12-27(40)38(37,7)34(32)44)48-30-21-41(17-18-46-30)29(42)20-24-9-8-10-24/h23-28,30-34,43-45H,8-22H2,1-7H3/t23-,25?,26+,27?,28+,30?,31+,32?,33+,34+,37?,38-,39?,40+/m1/s1. The van der Waals surface area contributed by atoms with Gasteiger partial charge in [-0.2, -0.15) is 0 Å². The van der Waals surface area contributed by atoms with Crippen LogP contribution in [0.1, 0.15) is 126 Å². The van der Waals surface area contributed by atoms with Crippen molar-refractivity contribution >= 4 is 5.91 Å². The third kappa shape index (κ3) is 4.56. The van der Waals surface area contributed by atoms with Crippen molar-refractivity contribution in [3.63, 3.8) is 0 Å². The van der Waals surface area contributed by atoms with Gasteiger partial charge < -0.3 is 34.4 Å². The number of aliphatic hydroxyl groups is 3. The van der Waals surface area contributed by atoms with Gasteiger partial charge in [0.15, 0.2) is 6.29 Å². The summed E-state index contributed by atoms with van der Waals surface area (Å²) in [6.07, 6.45) is 10.5. The van der Waals surface area contributed by atoms with Gasteiger partial charge in [-0.05, 0) is 129 Å². The minimum absolute atomic E-state index is 0.00366. The van der Waals surface area contributed by atoms with Crippen LogP contribution in [0.4, 0.5) is 0 Å². The van der Waals surface area contributed by atoms with Gasteiger partial charge in [0.2, 0.25) is 5.91 Å². The lowest BCUT2D eigenvalue weighted by atomic mass is 9.41. The van der Waals surface area contributed by atoms with E-state index in [0.717, 1.165) is 25.7 Å². The summed E-state index contributed by atoms with van der Waals surface area (Å²) in [7, 11) is 0. The number of aliphatic hydroxyl groups excluding tert-OH is 2. The predicted molar refractivity (Wildman–Crippen MR) is 182 cm³/mol. The minimum Gasteiger partial charge on any atom is -0.390 e. The number of nitrogens with zero attached hydrogens (tertiary/aromatic N) is 1. The third-order valence-corrected chi connectivity index (χ3v) is 17.2. The van der Waals surface area contributed by atoms with Crippen LogP contribution in [0, 0.1) is 56.7 Å². The van der Waals surface area contributed by atoms with Crippen LogP contribution < -0.4 is 0 Å². The zero-order valence-electron chi connectivity index (χ0n) is 30.9. The molecule has 8 aliphatic rings. The smallest absolute Gasteiger partial charge is 0.223 e. The largest absolute Gasteiger partial charge is 0.390 e. The summed E-state index contributed by atoms with van der Waals surface area (Å²) in [5.74, 6) is 2.39. The molecular weight excluding hydrogens is 606 g/mol. The lowest BCUT2D eigenvalue weighted by Gasteiger charge is -2.64. The van der Waals surface area contributed by atoms with Crippen LogP contribution in [0.15, 0.2) is 0 Å². The Balaban J connectivity index is 0.994. The Labute approximate surface area is 289 Å². The van der Waals surface area contributed by atoms with Crippen molar-refractivity contribution in [2.24, 2.45) is 56.7 Å². The Morgan fingerprint density at radius 3 is 2.42 bits per heavy atom. The van der Waals surface area contributed by atoms with Crippen LogP contribution in [0.2, 0.25) is 0 Å². The summed E-state index contributed by atoms with van der Waals surface area (Å²) >= 11 is 0. The van der Waals surface area contributed by atoms with Crippen LogP contribution in [0.25, 0.3) is 0 Å². The summed E-state index contributed by atoms with van der Waals surface area (Å²) in [4.78, 5) is 15.0. The molecule has 0 aromatic carbocycles. The number of hydrogen-bond donors (Lipinski definition) is 3. The van der Waals surface area contributed by atoms with Gasteiger partial charge in [0, 0.05) is 18.4 Å². The first kappa shape index (κ1) is 34.3. The van der Waals surface area contributed by atoms with E-state index in [9.17, 15) is 20.1 Å². The molecule has 0 aromatic heterocycles. The van der Waals surface area contributed by atoms with Gasteiger partial charge in [0.05, 0.1) is 43.2 Å². The van der Waals surface area contributed by atoms with Crippen molar-refractivity contribution in [1.82, 2.24) is 4.90 Å². The molecule has 272 valence electrons. The fourth-order valence-corrected chi connectivity index (χ4v) is 14.4. The molecule has 2 heterocycles. The van der Waals surface area contributed by atoms with Gasteiger partial charge in [0.1, 0.15) is 6.10 Å². The molecule has 0 bridgehead atoms. The first-order chi connectivity index (χ1) is 22.5. The van der Waals surface area contributed by atoms with Gasteiger partial charge in [0.25, 0.3) is 0 Å². The fourth-order valence-electron chi connectivity index (χ4n) is 14.4. The first-order valence-electron chi connectivity index (χ1n) is 19.8. The maximum absolute atomic E-state index is 13.0. The van der Waals surface area contributed by atoms with Crippen LogP contribution in [-0.4, -0.2) is 88.2 Å². The average Bonchev–Trinajstić information content (AvgIpc) is 3.64. The first-order valence-corrected chi connectivity index (χ1v) is 19.8. The van der Waals surface area contributed by atoms with Crippen LogP contribution in [-0.2, 0) is 19.0 Å². The van der Waals surface area contributed by atoms with Gasteiger partial charge in [-0.1, -0.05) is 41.0 Å². The molecule has 2 saturated heterocycles. The van der Waals surface area contributed by atoms with E-state index < -0.39 is 23.9 Å². The van der Waals surface area contributed by atoms with E-state index in [2.05, 4.69) is 34.6 Å². The molecule has 8 nitrogen and oxygen atoms in total. The minimum atomic E-state index is -1.25. The molecule has 1 amide bonds. The van der Waals surface area contributed by atoms with Crippen molar-refractivity contribution in [2.75, 3.05) is 19.7 Å². The number of fused-ring (bicyclic) bond motifs is 4. The average molecular weight is 672 g/mol. The summed E-state index contributed by atoms with van der Waals surface area (Å²) in [6.45, 7) is 17.1. The molecule has 6 unspecified atom stereocenters. The Morgan fingerprint density at radius 1 is 1.02 bits per heavy atom. The van der Waals surface area contributed by atoms with Crippen molar-refractivity contribution in [1.29, 1.82) is 0 Å². The van der Waals surface area contributed by atoms with Crippen LogP contribution in [0.5, 0.6) is 0 Å². The topological polar surface area (TPSA) is 109 Å². The quantitative estimate of drug-likeness (QED) is 0.333.